The van der Waals surface area contributed by atoms with Crippen LogP contribution in [0.3, 0.4) is 0 Å². The molecule has 4 rings (SSSR count). The molecule has 0 radical (unpaired) electrons. The van der Waals surface area contributed by atoms with E-state index in [1.807, 2.05) is 50.5 Å². The summed E-state index contributed by atoms with van der Waals surface area (Å²) >= 11 is 0. The monoisotopic (exact) mass is 420 g/mol. The Labute approximate surface area is 183 Å². The summed E-state index contributed by atoms with van der Waals surface area (Å²) in [6.45, 7) is 0. The van der Waals surface area contributed by atoms with Crippen molar-refractivity contribution >= 4 is 11.7 Å². The largest absolute Gasteiger partial charge is 0.493 e. The summed E-state index contributed by atoms with van der Waals surface area (Å²) < 4.78 is 10.8. The SMILES string of the molecule is COc1ccc([C@@H]2CC(=O)N(N(C)C)C3=C2C(=O)C[C@H](c2ccccc2)C3)cc1OC. The molecule has 1 aliphatic heterocycles. The molecule has 0 spiro atoms. The van der Waals surface area contributed by atoms with Crippen molar-refractivity contribution in [1.29, 1.82) is 0 Å². The molecular weight excluding hydrogens is 392 g/mol. The number of methoxy groups -OCH3 is 2. The molecule has 2 aliphatic rings. The average Bonchev–Trinajstić information content (AvgIpc) is 2.78. The van der Waals surface area contributed by atoms with Crippen LogP contribution in [-0.4, -0.2) is 50.0 Å². The second-order valence-electron chi connectivity index (χ2n) is 8.22. The second-order valence-corrected chi connectivity index (χ2v) is 8.22. The summed E-state index contributed by atoms with van der Waals surface area (Å²) in [4.78, 5) is 26.7. The Morgan fingerprint density at radius 1 is 0.871 bits per heavy atom. The van der Waals surface area contributed by atoms with Gasteiger partial charge >= 0.3 is 0 Å². The number of allylic oxidation sites excluding steroid dienone is 2. The molecule has 0 N–H and O–H groups in total. The quantitative estimate of drug-likeness (QED) is 0.734. The molecule has 2 aromatic carbocycles. The van der Waals surface area contributed by atoms with Gasteiger partial charge in [0.15, 0.2) is 17.3 Å². The van der Waals surface area contributed by atoms with Gasteiger partial charge in [-0.15, -0.1) is 0 Å². The van der Waals surface area contributed by atoms with Crippen LogP contribution in [0.25, 0.3) is 0 Å². The fraction of sp³-hybridized carbons (Fsp3) is 0.360. The maximum Gasteiger partial charge on any atom is 0.242 e. The minimum absolute atomic E-state index is 0.00922. The third-order valence-corrected chi connectivity index (χ3v) is 6.18. The van der Waals surface area contributed by atoms with Gasteiger partial charge in [-0.3, -0.25) is 9.59 Å². The molecule has 0 saturated heterocycles. The first-order chi connectivity index (χ1) is 14.9. The van der Waals surface area contributed by atoms with Crippen molar-refractivity contribution < 1.29 is 19.1 Å². The minimum Gasteiger partial charge on any atom is -0.493 e. The zero-order valence-electron chi connectivity index (χ0n) is 18.4. The average molecular weight is 421 g/mol. The molecule has 0 bridgehead atoms. The van der Waals surface area contributed by atoms with Crippen molar-refractivity contribution in [3.63, 3.8) is 0 Å². The zero-order valence-corrected chi connectivity index (χ0v) is 18.4. The van der Waals surface area contributed by atoms with E-state index in [9.17, 15) is 9.59 Å². The van der Waals surface area contributed by atoms with Gasteiger partial charge in [-0.25, -0.2) is 10.0 Å². The molecule has 1 amide bonds. The summed E-state index contributed by atoms with van der Waals surface area (Å²) in [7, 11) is 6.86. The van der Waals surface area contributed by atoms with Gasteiger partial charge in [0.05, 0.1) is 14.2 Å². The number of ketones is 1. The van der Waals surface area contributed by atoms with E-state index in [1.165, 1.54) is 0 Å². The summed E-state index contributed by atoms with van der Waals surface area (Å²) in [5.74, 6) is 1.08. The lowest BCUT2D eigenvalue weighted by molar-refractivity contribution is -0.143. The molecule has 0 fully saturated rings. The standard InChI is InChI=1S/C25H28N2O4/c1-26(2)27-20-12-18(16-8-6-5-7-9-16)13-21(28)25(20)19(15-24(27)29)17-10-11-22(30-3)23(14-17)31-4/h5-11,14,18-19H,12-13,15H2,1-4H3/t18-,19+/m1/s1. The fourth-order valence-corrected chi connectivity index (χ4v) is 4.80. The van der Waals surface area contributed by atoms with Gasteiger partial charge in [-0.2, -0.15) is 0 Å². The number of Topliss-reactive ketones (excluding diaryl/α,β-unsaturated/α-hetero) is 1. The molecule has 1 heterocycles. The topological polar surface area (TPSA) is 59.1 Å². The smallest absolute Gasteiger partial charge is 0.242 e. The Morgan fingerprint density at radius 3 is 2.23 bits per heavy atom. The highest BCUT2D eigenvalue weighted by molar-refractivity contribution is 6.02. The normalized spacial score (nSPS) is 21.4. The third-order valence-electron chi connectivity index (χ3n) is 6.18. The van der Waals surface area contributed by atoms with Gasteiger partial charge in [0.25, 0.3) is 0 Å². The molecule has 1 aliphatic carbocycles. The molecule has 0 unspecified atom stereocenters. The molecule has 0 saturated carbocycles. The Bertz CT molecular complexity index is 1030. The Hall–Kier alpha value is -3.12. The molecule has 2 atom stereocenters. The van der Waals surface area contributed by atoms with E-state index in [0.29, 0.717) is 24.3 Å². The highest BCUT2D eigenvalue weighted by atomic mass is 16.5. The molecule has 0 aromatic heterocycles. The van der Waals surface area contributed by atoms with Crippen LogP contribution in [0, 0.1) is 0 Å². The van der Waals surface area contributed by atoms with E-state index < -0.39 is 0 Å². The maximum atomic E-state index is 13.5. The van der Waals surface area contributed by atoms with Crippen molar-refractivity contribution in [2.75, 3.05) is 28.3 Å². The maximum absolute atomic E-state index is 13.5. The van der Waals surface area contributed by atoms with E-state index in [4.69, 9.17) is 9.47 Å². The van der Waals surface area contributed by atoms with Crippen molar-refractivity contribution in [2.45, 2.75) is 31.1 Å². The fourth-order valence-electron chi connectivity index (χ4n) is 4.80. The molecule has 2 aromatic rings. The van der Waals surface area contributed by atoms with Gasteiger partial charge < -0.3 is 9.47 Å². The number of hydrogen-bond donors (Lipinski definition) is 0. The number of amides is 1. The number of rotatable bonds is 5. The first-order valence-corrected chi connectivity index (χ1v) is 10.5. The van der Waals surface area contributed by atoms with Crippen LogP contribution in [0.4, 0.5) is 0 Å². The predicted octanol–water partition coefficient (Wildman–Crippen LogP) is 3.90. The zero-order chi connectivity index (χ0) is 22.1. The predicted molar refractivity (Wildman–Crippen MR) is 118 cm³/mol. The summed E-state index contributed by atoms with van der Waals surface area (Å²) in [5.41, 5.74) is 3.57. The number of nitrogens with zero attached hydrogens (tertiary/aromatic N) is 2. The van der Waals surface area contributed by atoms with E-state index in [2.05, 4.69) is 12.1 Å². The lowest BCUT2D eigenvalue weighted by Gasteiger charge is -2.42. The third kappa shape index (κ3) is 3.83. The van der Waals surface area contributed by atoms with Gasteiger partial charge in [0, 0.05) is 44.1 Å². The van der Waals surface area contributed by atoms with Crippen molar-refractivity contribution in [3.8, 4) is 11.5 Å². The van der Waals surface area contributed by atoms with Crippen molar-refractivity contribution in [1.82, 2.24) is 10.0 Å². The number of carbonyl (C=O) groups is 2. The molecule has 31 heavy (non-hydrogen) atoms. The highest BCUT2D eigenvalue weighted by Crippen LogP contribution is 2.46. The van der Waals surface area contributed by atoms with Crippen LogP contribution in [0.5, 0.6) is 11.5 Å². The number of hydrazine groups is 1. The Kier molecular flexibility index (Phi) is 5.83. The number of benzene rings is 2. The van der Waals surface area contributed by atoms with Crippen LogP contribution >= 0.6 is 0 Å². The summed E-state index contributed by atoms with van der Waals surface area (Å²) in [5, 5.41) is 3.46. The summed E-state index contributed by atoms with van der Waals surface area (Å²) in [6, 6.07) is 15.7. The Balaban J connectivity index is 1.81. The highest BCUT2D eigenvalue weighted by Gasteiger charge is 2.42. The Morgan fingerprint density at radius 2 is 1.58 bits per heavy atom. The first-order valence-electron chi connectivity index (χ1n) is 10.5. The van der Waals surface area contributed by atoms with Crippen molar-refractivity contribution in [2.24, 2.45) is 0 Å². The second kappa shape index (κ2) is 8.55. The lowest BCUT2D eigenvalue weighted by Crippen LogP contribution is -2.47. The molecule has 6 heteroatoms. The molecular formula is C25H28N2O4. The van der Waals surface area contributed by atoms with Gasteiger partial charge in [0.2, 0.25) is 5.91 Å². The summed E-state index contributed by atoms with van der Waals surface area (Å²) in [6.07, 6.45) is 1.34. The number of ether oxygens (including phenoxy) is 2. The molecule has 162 valence electrons. The van der Waals surface area contributed by atoms with E-state index in [1.54, 1.807) is 24.2 Å². The lowest BCUT2D eigenvalue weighted by atomic mass is 9.73. The van der Waals surface area contributed by atoms with Gasteiger partial charge in [0.1, 0.15) is 0 Å². The van der Waals surface area contributed by atoms with Crippen LogP contribution in [-0.2, 0) is 9.59 Å². The van der Waals surface area contributed by atoms with Gasteiger partial charge in [-0.05, 0) is 35.6 Å². The van der Waals surface area contributed by atoms with Gasteiger partial charge in [-0.1, -0.05) is 36.4 Å². The van der Waals surface area contributed by atoms with Crippen LogP contribution in [0.2, 0.25) is 0 Å². The van der Waals surface area contributed by atoms with Crippen LogP contribution in [0.15, 0.2) is 59.8 Å². The number of carbonyl (C=O) groups excluding carboxylic acids is 2. The number of hydrogen-bond acceptors (Lipinski definition) is 5. The van der Waals surface area contributed by atoms with Crippen molar-refractivity contribution in [3.05, 3.63) is 70.9 Å². The van der Waals surface area contributed by atoms with Crippen LogP contribution in [0.1, 0.15) is 42.2 Å². The van der Waals surface area contributed by atoms with Crippen LogP contribution < -0.4 is 9.47 Å². The van der Waals surface area contributed by atoms with E-state index in [0.717, 1.165) is 22.4 Å². The van der Waals surface area contributed by atoms with E-state index in [-0.39, 0.29) is 29.9 Å². The first kappa shape index (κ1) is 21.1. The minimum atomic E-state index is -0.289. The molecule has 6 nitrogen and oxygen atoms in total. The van der Waals surface area contributed by atoms with E-state index >= 15 is 0 Å².